The number of methoxy groups -OCH3 is 1. The van der Waals surface area contributed by atoms with Crippen LogP contribution >= 0.6 is 15.9 Å². The van der Waals surface area contributed by atoms with Gasteiger partial charge in [0.25, 0.3) is 0 Å². The van der Waals surface area contributed by atoms with E-state index in [4.69, 9.17) is 4.74 Å². The van der Waals surface area contributed by atoms with Crippen LogP contribution in [0, 0.1) is 0 Å². The molecule has 1 atom stereocenters. The van der Waals surface area contributed by atoms with Crippen molar-refractivity contribution in [1.82, 2.24) is 4.90 Å². The fourth-order valence-corrected chi connectivity index (χ4v) is 2.56. The van der Waals surface area contributed by atoms with Gasteiger partial charge in [-0.1, -0.05) is 15.9 Å². The van der Waals surface area contributed by atoms with Crippen molar-refractivity contribution >= 4 is 15.9 Å². The molecule has 2 nitrogen and oxygen atoms in total. The zero-order valence-electron chi connectivity index (χ0n) is 9.17. The molecule has 14 heavy (non-hydrogen) atoms. The molecule has 1 fully saturated rings. The summed E-state index contributed by atoms with van der Waals surface area (Å²) in [6, 6.07) is 0.851. The van der Waals surface area contributed by atoms with E-state index in [1.165, 1.54) is 45.2 Å². The van der Waals surface area contributed by atoms with Crippen LogP contribution in [0.15, 0.2) is 0 Å². The average molecular weight is 264 g/mol. The quantitative estimate of drug-likeness (QED) is 0.518. The Morgan fingerprint density at radius 2 is 2.29 bits per heavy atom. The Labute approximate surface area is 96.1 Å². The predicted octanol–water partition coefficient (Wildman–Crippen LogP) is 2.66. The largest absolute Gasteiger partial charge is 0.385 e. The Morgan fingerprint density at radius 3 is 3.00 bits per heavy atom. The van der Waals surface area contributed by atoms with Gasteiger partial charge in [0.15, 0.2) is 0 Å². The monoisotopic (exact) mass is 263 g/mol. The first kappa shape index (κ1) is 12.5. The number of alkyl halides is 1. The molecule has 84 valence electrons. The zero-order chi connectivity index (χ0) is 10.2. The molecule has 1 aliphatic rings. The molecule has 0 aromatic rings. The van der Waals surface area contributed by atoms with Crippen molar-refractivity contribution in [1.29, 1.82) is 0 Å². The van der Waals surface area contributed by atoms with E-state index in [-0.39, 0.29) is 0 Å². The van der Waals surface area contributed by atoms with Crippen molar-refractivity contribution in [2.24, 2.45) is 0 Å². The van der Waals surface area contributed by atoms with Gasteiger partial charge in [-0.2, -0.15) is 0 Å². The van der Waals surface area contributed by atoms with Gasteiger partial charge in [-0.15, -0.1) is 0 Å². The van der Waals surface area contributed by atoms with Crippen molar-refractivity contribution < 1.29 is 4.74 Å². The zero-order valence-corrected chi connectivity index (χ0v) is 10.8. The average Bonchev–Trinajstić information content (AvgIpc) is 2.63. The molecule has 0 radical (unpaired) electrons. The van der Waals surface area contributed by atoms with Crippen LogP contribution < -0.4 is 0 Å². The molecule has 0 aromatic carbocycles. The molecule has 1 aliphatic heterocycles. The van der Waals surface area contributed by atoms with Crippen molar-refractivity contribution in [2.45, 2.75) is 38.1 Å². The lowest BCUT2D eigenvalue weighted by atomic mass is 10.1. The van der Waals surface area contributed by atoms with E-state index >= 15 is 0 Å². The van der Waals surface area contributed by atoms with Crippen LogP contribution in [0.5, 0.6) is 0 Å². The van der Waals surface area contributed by atoms with Gasteiger partial charge < -0.3 is 9.64 Å². The van der Waals surface area contributed by atoms with Crippen molar-refractivity contribution in [3.63, 3.8) is 0 Å². The normalized spacial score (nSPS) is 23.1. The second kappa shape index (κ2) is 7.66. The van der Waals surface area contributed by atoms with E-state index in [1.54, 1.807) is 7.11 Å². The molecule has 3 heteroatoms. The Morgan fingerprint density at radius 1 is 1.43 bits per heavy atom. The third kappa shape index (κ3) is 4.28. The highest BCUT2D eigenvalue weighted by Gasteiger charge is 2.22. The Bertz CT molecular complexity index is 143. The second-order valence-corrected chi connectivity index (χ2v) is 4.80. The van der Waals surface area contributed by atoms with Crippen LogP contribution in [-0.4, -0.2) is 43.1 Å². The molecule has 0 amide bonds. The number of halogens is 1. The van der Waals surface area contributed by atoms with Crippen molar-refractivity contribution in [3.05, 3.63) is 0 Å². The highest BCUT2D eigenvalue weighted by atomic mass is 79.9. The number of rotatable bonds is 7. The van der Waals surface area contributed by atoms with Gasteiger partial charge in [-0.25, -0.2) is 0 Å². The van der Waals surface area contributed by atoms with E-state index in [1.807, 2.05) is 0 Å². The van der Waals surface area contributed by atoms with Crippen LogP contribution in [0.25, 0.3) is 0 Å². The van der Waals surface area contributed by atoms with E-state index < -0.39 is 0 Å². The summed E-state index contributed by atoms with van der Waals surface area (Å²) in [5, 5.41) is 1.15. The number of hydrogen-bond donors (Lipinski definition) is 0. The third-order valence-electron chi connectivity index (χ3n) is 2.96. The first-order valence-electron chi connectivity index (χ1n) is 5.67. The fourth-order valence-electron chi connectivity index (χ4n) is 2.24. The molecule has 1 unspecified atom stereocenters. The first-order valence-corrected chi connectivity index (χ1v) is 6.79. The smallest absolute Gasteiger partial charge is 0.0474 e. The minimum atomic E-state index is 0.851. The first-order chi connectivity index (χ1) is 6.88. The van der Waals surface area contributed by atoms with Crippen LogP contribution in [-0.2, 0) is 4.74 Å². The minimum Gasteiger partial charge on any atom is -0.385 e. The number of ether oxygens (including phenoxy) is 1. The maximum Gasteiger partial charge on any atom is 0.0474 e. The SMILES string of the molecule is COCCCN1CCCC1CCCBr. The standard InChI is InChI=1S/C11H22BrNO/c1-14-10-4-9-13-8-3-6-11(13)5-2-7-12/h11H,2-10H2,1H3. The number of hydrogen-bond acceptors (Lipinski definition) is 2. The van der Waals surface area contributed by atoms with E-state index in [9.17, 15) is 0 Å². The van der Waals surface area contributed by atoms with Gasteiger partial charge in [-0.3, -0.25) is 0 Å². The van der Waals surface area contributed by atoms with Gasteiger partial charge in [0.1, 0.15) is 0 Å². The lowest BCUT2D eigenvalue weighted by molar-refractivity contribution is 0.165. The Balaban J connectivity index is 2.14. The third-order valence-corrected chi connectivity index (χ3v) is 3.52. The summed E-state index contributed by atoms with van der Waals surface area (Å²) in [6.07, 6.45) is 6.64. The molecule has 1 heterocycles. The van der Waals surface area contributed by atoms with E-state index in [0.717, 1.165) is 18.0 Å². The summed E-state index contributed by atoms with van der Waals surface area (Å²) in [6.45, 7) is 3.43. The van der Waals surface area contributed by atoms with Crippen LogP contribution in [0.3, 0.4) is 0 Å². The molecule has 0 bridgehead atoms. The molecule has 0 aromatic heterocycles. The second-order valence-electron chi connectivity index (χ2n) is 4.01. The summed E-state index contributed by atoms with van der Waals surface area (Å²) < 4.78 is 5.08. The van der Waals surface area contributed by atoms with Gasteiger partial charge in [0, 0.05) is 31.6 Å². The molecular formula is C11H22BrNO. The molecule has 1 rings (SSSR count). The van der Waals surface area contributed by atoms with Gasteiger partial charge in [0.2, 0.25) is 0 Å². The molecular weight excluding hydrogens is 242 g/mol. The maximum absolute atomic E-state index is 5.08. The lowest BCUT2D eigenvalue weighted by Gasteiger charge is -2.23. The van der Waals surface area contributed by atoms with E-state index in [2.05, 4.69) is 20.8 Å². The van der Waals surface area contributed by atoms with Gasteiger partial charge in [-0.05, 0) is 38.6 Å². The summed E-state index contributed by atoms with van der Waals surface area (Å²) in [7, 11) is 1.78. The van der Waals surface area contributed by atoms with Crippen LogP contribution in [0.2, 0.25) is 0 Å². The molecule has 0 spiro atoms. The summed E-state index contributed by atoms with van der Waals surface area (Å²) in [4.78, 5) is 2.64. The fraction of sp³-hybridized carbons (Fsp3) is 1.00. The molecule has 0 saturated carbocycles. The van der Waals surface area contributed by atoms with Crippen molar-refractivity contribution in [2.75, 3.05) is 32.1 Å². The summed E-state index contributed by atoms with van der Waals surface area (Å²) in [5.41, 5.74) is 0. The number of likely N-dealkylation sites (tertiary alicyclic amines) is 1. The molecule has 0 aliphatic carbocycles. The predicted molar refractivity (Wildman–Crippen MR) is 64.1 cm³/mol. The van der Waals surface area contributed by atoms with Gasteiger partial charge >= 0.3 is 0 Å². The van der Waals surface area contributed by atoms with Crippen molar-refractivity contribution in [3.8, 4) is 0 Å². The maximum atomic E-state index is 5.08. The minimum absolute atomic E-state index is 0.851. The van der Waals surface area contributed by atoms with Crippen LogP contribution in [0.4, 0.5) is 0 Å². The number of nitrogens with zero attached hydrogens (tertiary/aromatic N) is 1. The highest BCUT2D eigenvalue weighted by Crippen LogP contribution is 2.21. The topological polar surface area (TPSA) is 12.5 Å². The highest BCUT2D eigenvalue weighted by molar-refractivity contribution is 9.09. The van der Waals surface area contributed by atoms with E-state index in [0.29, 0.717) is 0 Å². The molecule has 0 N–H and O–H groups in total. The lowest BCUT2D eigenvalue weighted by Crippen LogP contribution is -2.30. The van der Waals surface area contributed by atoms with Gasteiger partial charge in [0.05, 0.1) is 0 Å². The Hall–Kier alpha value is 0.400. The Kier molecular flexibility index (Phi) is 6.82. The summed E-state index contributed by atoms with van der Waals surface area (Å²) >= 11 is 3.50. The van der Waals surface area contributed by atoms with Crippen LogP contribution in [0.1, 0.15) is 32.1 Å². The molecule has 1 saturated heterocycles. The summed E-state index contributed by atoms with van der Waals surface area (Å²) in [5.74, 6) is 0.